The summed E-state index contributed by atoms with van der Waals surface area (Å²) in [6.07, 6.45) is 1.27. The molecule has 0 aromatic heterocycles. The zero-order valence-corrected chi connectivity index (χ0v) is 16.8. The molecule has 0 unspecified atom stereocenters. The van der Waals surface area contributed by atoms with Crippen LogP contribution in [-0.4, -0.2) is 44.8 Å². The maximum atomic E-state index is 12.8. The Kier molecular flexibility index (Phi) is 5.12. The average molecular weight is 400 g/mol. The third kappa shape index (κ3) is 3.91. The fourth-order valence-corrected chi connectivity index (χ4v) is 5.47. The Balaban J connectivity index is 1.42. The Hall–Kier alpha value is -2.38. The Morgan fingerprint density at radius 3 is 2.50 bits per heavy atom. The van der Waals surface area contributed by atoms with E-state index in [4.69, 9.17) is 0 Å². The molecule has 148 valence electrons. The van der Waals surface area contributed by atoms with Gasteiger partial charge in [-0.3, -0.25) is 4.79 Å². The molecule has 6 nitrogen and oxygen atoms in total. The highest BCUT2D eigenvalue weighted by Gasteiger charge is 2.28. The Bertz CT molecular complexity index is 996. The molecular formula is C21H25N3O3S. The van der Waals surface area contributed by atoms with E-state index in [9.17, 15) is 13.2 Å². The maximum Gasteiger partial charge on any atom is 0.224 e. The summed E-state index contributed by atoms with van der Waals surface area (Å²) in [6, 6.07) is 13.7. The summed E-state index contributed by atoms with van der Waals surface area (Å²) in [7, 11) is -3.33. The number of anilines is 2. The molecule has 0 bridgehead atoms. The molecule has 1 N–H and O–H groups in total. The summed E-state index contributed by atoms with van der Waals surface area (Å²) in [5.74, 6) is 0.116. The van der Waals surface area contributed by atoms with Crippen molar-refractivity contribution < 1.29 is 13.2 Å². The quantitative estimate of drug-likeness (QED) is 0.858. The Morgan fingerprint density at radius 2 is 1.75 bits per heavy atom. The SMILES string of the molecule is Cc1ccccc1CS(=O)(=O)N1CCN(c2ccc3c(c2)CCC(=O)N3)CC1. The van der Waals surface area contributed by atoms with E-state index in [-0.39, 0.29) is 11.7 Å². The Labute approximate surface area is 166 Å². The second kappa shape index (κ2) is 7.56. The van der Waals surface area contributed by atoms with Crippen molar-refractivity contribution in [2.24, 2.45) is 0 Å². The van der Waals surface area contributed by atoms with Gasteiger partial charge in [0.25, 0.3) is 0 Å². The van der Waals surface area contributed by atoms with Crippen LogP contribution in [-0.2, 0) is 27.0 Å². The molecule has 2 aliphatic heterocycles. The van der Waals surface area contributed by atoms with Crippen LogP contribution >= 0.6 is 0 Å². The first-order valence-corrected chi connectivity index (χ1v) is 11.2. The number of nitrogens with one attached hydrogen (secondary N) is 1. The minimum absolute atomic E-state index is 0.0538. The summed E-state index contributed by atoms with van der Waals surface area (Å²) < 4.78 is 27.3. The number of carbonyl (C=O) groups excluding carboxylic acids is 1. The highest BCUT2D eigenvalue weighted by Crippen LogP contribution is 2.28. The number of fused-ring (bicyclic) bond motifs is 1. The summed E-state index contributed by atoms with van der Waals surface area (Å²) >= 11 is 0. The molecule has 4 rings (SSSR count). The number of aryl methyl sites for hydroxylation is 2. The predicted octanol–water partition coefficient (Wildman–Crippen LogP) is 2.53. The molecule has 2 aromatic carbocycles. The van der Waals surface area contributed by atoms with Crippen molar-refractivity contribution in [3.8, 4) is 0 Å². The molecule has 7 heteroatoms. The highest BCUT2D eigenvalue weighted by atomic mass is 32.2. The summed E-state index contributed by atoms with van der Waals surface area (Å²) in [4.78, 5) is 13.7. The molecule has 2 aromatic rings. The lowest BCUT2D eigenvalue weighted by atomic mass is 10.0. The molecule has 0 saturated carbocycles. The van der Waals surface area contributed by atoms with Gasteiger partial charge >= 0.3 is 0 Å². The van der Waals surface area contributed by atoms with E-state index < -0.39 is 10.0 Å². The second-order valence-corrected chi connectivity index (χ2v) is 9.43. The van der Waals surface area contributed by atoms with Crippen molar-refractivity contribution in [2.75, 3.05) is 36.4 Å². The summed E-state index contributed by atoms with van der Waals surface area (Å²) in [6.45, 7) is 4.25. The lowest BCUT2D eigenvalue weighted by Gasteiger charge is -2.36. The van der Waals surface area contributed by atoms with Crippen LogP contribution in [0.1, 0.15) is 23.1 Å². The van der Waals surface area contributed by atoms with Gasteiger partial charge in [-0.15, -0.1) is 0 Å². The molecular weight excluding hydrogens is 374 g/mol. The van der Waals surface area contributed by atoms with Crippen LogP contribution in [0.3, 0.4) is 0 Å². The van der Waals surface area contributed by atoms with Gasteiger partial charge in [-0.2, -0.15) is 4.31 Å². The molecule has 0 aliphatic carbocycles. The molecule has 1 saturated heterocycles. The van der Waals surface area contributed by atoms with Crippen LogP contribution in [0.15, 0.2) is 42.5 Å². The number of nitrogens with zero attached hydrogens (tertiary/aromatic N) is 2. The number of benzene rings is 2. The summed E-state index contributed by atoms with van der Waals surface area (Å²) in [5, 5.41) is 2.90. The van der Waals surface area contributed by atoms with Gasteiger partial charge in [-0.25, -0.2) is 8.42 Å². The zero-order chi connectivity index (χ0) is 19.7. The van der Waals surface area contributed by atoms with Crippen LogP contribution in [0, 0.1) is 6.92 Å². The largest absolute Gasteiger partial charge is 0.369 e. The number of carbonyl (C=O) groups is 1. The minimum Gasteiger partial charge on any atom is -0.369 e. The van der Waals surface area contributed by atoms with Crippen LogP contribution in [0.25, 0.3) is 0 Å². The van der Waals surface area contributed by atoms with Crippen LogP contribution < -0.4 is 10.2 Å². The summed E-state index contributed by atoms with van der Waals surface area (Å²) in [5.41, 5.74) is 4.99. The van der Waals surface area contributed by atoms with Crippen molar-refractivity contribution in [3.63, 3.8) is 0 Å². The number of rotatable bonds is 4. The lowest BCUT2D eigenvalue weighted by molar-refractivity contribution is -0.116. The van der Waals surface area contributed by atoms with Gasteiger partial charge in [-0.05, 0) is 48.2 Å². The first-order valence-electron chi connectivity index (χ1n) is 9.62. The number of piperazine rings is 1. The third-order valence-corrected chi connectivity index (χ3v) is 7.41. The van der Waals surface area contributed by atoms with E-state index in [1.54, 1.807) is 4.31 Å². The first kappa shape index (κ1) is 19.0. The van der Waals surface area contributed by atoms with Gasteiger partial charge in [0.1, 0.15) is 0 Å². The predicted molar refractivity (Wildman–Crippen MR) is 111 cm³/mol. The van der Waals surface area contributed by atoms with E-state index in [2.05, 4.69) is 16.3 Å². The van der Waals surface area contributed by atoms with E-state index in [0.29, 0.717) is 32.6 Å². The fraction of sp³-hybridized carbons (Fsp3) is 0.381. The third-order valence-electron chi connectivity index (χ3n) is 5.58. The molecule has 28 heavy (non-hydrogen) atoms. The van der Waals surface area contributed by atoms with Crippen LogP contribution in [0.4, 0.5) is 11.4 Å². The van der Waals surface area contributed by atoms with Gasteiger partial charge in [0, 0.05) is 44.0 Å². The van der Waals surface area contributed by atoms with Gasteiger partial charge < -0.3 is 10.2 Å². The maximum absolute atomic E-state index is 12.8. The standard InChI is InChI=1S/C21H25N3O3S/c1-16-4-2-3-5-18(16)15-28(26,27)24-12-10-23(11-13-24)19-7-8-20-17(14-19)6-9-21(25)22-20/h2-5,7-8,14H,6,9-13,15H2,1H3,(H,22,25). The van der Waals surface area contributed by atoms with Crippen molar-refractivity contribution in [2.45, 2.75) is 25.5 Å². The molecule has 0 radical (unpaired) electrons. The number of amides is 1. The topological polar surface area (TPSA) is 69.7 Å². The minimum atomic E-state index is -3.33. The first-order chi connectivity index (χ1) is 13.4. The van der Waals surface area contributed by atoms with E-state index in [1.807, 2.05) is 43.3 Å². The van der Waals surface area contributed by atoms with Crippen molar-refractivity contribution in [1.82, 2.24) is 4.31 Å². The van der Waals surface area contributed by atoms with Gasteiger partial charge in [0.2, 0.25) is 15.9 Å². The number of hydrogen-bond acceptors (Lipinski definition) is 4. The zero-order valence-electron chi connectivity index (χ0n) is 16.0. The van der Waals surface area contributed by atoms with Crippen LogP contribution in [0.5, 0.6) is 0 Å². The fourth-order valence-electron chi connectivity index (χ4n) is 3.85. The molecule has 1 amide bonds. The number of hydrogen-bond donors (Lipinski definition) is 1. The molecule has 0 spiro atoms. The van der Waals surface area contributed by atoms with Gasteiger partial charge in [0.05, 0.1) is 5.75 Å². The molecule has 2 heterocycles. The molecule has 1 fully saturated rings. The highest BCUT2D eigenvalue weighted by molar-refractivity contribution is 7.88. The lowest BCUT2D eigenvalue weighted by Crippen LogP contribution is -2.49. The molecule has 0 atom stereocenters. The Morgan fingerprint density at radius 1 is 1.00 bits per heavy atom. The van der Waals surface area contributed by atoms with Crippen LogP contribution in [0.2, 0.25) is 0 Å². The van der Waals surface area contributed by atoms with E-state index >= 15 is 0 Å². The monoisotopic (exact) mass is 399 g/mol. The van der Waals surface area contributed by atoms with Gasteiger partial charge in [0.15, 0.2) is 0 Å². The number of sulfonamides is 1. The van der Waals surface area contributed by atoms with Crippen molar-refractivity contribution in [3.05, 3.63) is 59.2 Å². The average Bonchev–Trinajstić information content (AvgIpc) is 2.69. The van der Waals surface area contributed by atoms with Gasteiger partial charge in [-0.1, -0.05) is 24.3 Å². The smallest absolute Gasteiger partial charge is 0.224 e. The normalized spacial score (nSPS) is 17.9. The van der Waals surface area contributed by atoms with Crippen molar-refractivity contribution >= 4 is 27.3 Å². The second-order valence-electron chi connectivity index (χ2n) is 7.46. The molecule has 2 aliphatic rings. The van der Waals surface area contributed by atoms with Crippen molar-refractivity contribution in [1.29, 1.82) is 0 Å². The van der Waals surface area contributed by atoms with E-state index in [0.717, 1.165) is 34.5 Å². The van der Waals surface area contributed by atoms with E-state index in [1.165, 1.54) is 0 Å².